The summed E-state index contributed by atoms with van der Waals surface area (Å²) >= 11 is 6.18. The molecule has 0 saturated carbocycles. The van der Waals surface area contributed by atoms with Crippen molar-refractivity contribution in [2.45, 2.75) is 4.90 Å². The van der Waals surface area contributed by atoms with Crippen LogP contribution >= 0.6 is 23.6 Å². The highest BCUT2D eigenvalue weighted by atomic mass is 32.2. The van der Waals surface area contributed by atoms with E-state index in [0.29, 0.717) is 15.9 Å². The molecule has 0 unspecified atom stereocenters. The Hall–Kier alpha value is -1.71. The molecule has 1 aromatic heterocycles. The summed E-state index contributed by atoms with van der Waals surface area (Å²) in [6, 6.07) is 6.27. The number of hydrogen-bond donors (Lipinski definition) is 3. The summed E-state index contributed by atoms with van der Waals surface area (Å²) < 4.78 is 26.6. The number of rotatable bonds is 4. The second-order valence-electron chi connectivity index (χ2n) is 3.67. The van der Waals surface area contributed by atoms with Crippen LogP contribution in [-0.4, -0.2) is 25.6 Å². The van der Waals surface area contributed by atoms with Gasteiger partial charge in [0.1, 0.15) is 0 Å². The number of nitrogens with one attached hydrogen (secondary N) is 3. The van der Waals surface area contributed by atoms with Crippen molar-refractivity contribution in [3.05, 3.63) is 35.8 Å². The van der Waals surface area contributed by atoms with Crippen LogP contribution in [0.25, 0.3) is 0 Å². The van der Waals surface area contributed by atoms with Crippen LogP contribution in [-0.2, 0) is 10.0 Å². The van der Waals surface area contributed by atoms with E-state index < -0.39 is 10.0 Å². The zero-order chi connectivity index (χ0) is 14.6. The van der Waals surface area contributed by atoms with E-state index >= 15 is 0 Å². The van der Waals surface area contributed by atoms with Crippen molar-refractivity contribution in [3.8, 4) is 0 Å². The largest absolute Gasteiger partial charge is 0.366 e. The maximum absolute atomic E-state index is 12.1. The van der Waals surface area contributed by atoms with Gasteiger partial charge in [-0.25, -0.2) is 13.4 Å². The number of nitrogens with zero attached hydrogens (tertiary/aromatic N) is 1. The zero-order valence-corrected chi connectivity index (χ0v) is 12.9. The number of anilines is 2. The molecule has 1 aromatic carbocycles. The fourth-order valence-corrected chi connectivity index (χ4v) is 3.27. The number of sulfonamides is 1. The predicted molar refractivity (Wildman–Crippen MR) is 84.6 cm³/mol. The lowest BCUT2D eigenvalue weighted by Gasteiger charge is -2.08. The van der Waals surface area contributed by atoms with Crippen LogP contribution in [0.3, 0.4) is 0 Å². The lowest BCUT2D eigenvalue weighted by atomic mass is 10.3. The lowest BCUT2D eigenvalue weighted by Crippen LogP contribution is -2.24. The van der Waals surface area contributed by atoms with E-state index in [1.165, 1.54) is 29.7 Å². The lowest BCUT2D eigenvalue weighted by molar-refractivity contribution is 0.601. The van der Waals surface area contributed by atoms with Crippen molar-refractivity contribution in [2.75, 3.05) is 17.1 Å². The van der Waals surface area contributed by atoms with E-state index in [-0.39, 0.29) is 4.90 Å². The predicted octanol–water partition coefficient (Wildman–Crippen LogP) is 1.86. The van der Waals surface area contributed by atoms with Gasteiger partial charge < -0.3 is 10.6 Å². The topological polar surface area (TPSA) is 83.1 Å². The minimum Gasteiger partial charge on any atom is -0.366 e. The minimum absolute atomic E-state index is 0.161. The fraction of sp³-hybridized carbons (Fsp3) is 0.0909. The number of thiocarbonyl (C=S) groups is 1. The summed E-state index contributed by atoms with van der Waals surface area (Å²) in [6.07, 6.45) is 1.54. The van der Waals surface area contributed by atoms with E-state index in [4.69, 9.17) is 12.2 Å². The molecule has 2 aromatic rings. The van der Waals surface area contributed by atoms with Gasteiger partial charge in [-0.2, -0.15) is 0 Å². The molecule has 9 heteroatoms. The Morgan fingerprint density at radius 3 is 2.55 bits per heavy atom. The molecule has 0 fully saturated rings. The third kappa shape index (κ3) is 3.65. The SMILES string of the molecule is CNC(=S)Nc1ccc(S(=O)(=O)Nc2nccs2)cc1. The molecular formula is C11H12N4O2S3. The standard InChI is InChI=1S/C11H12N4O2S3/c1-12-10(18)14-8-2-4-9(5-3-8)20(16,17)15-11-13-6-7-19-11/h2-7H,1H3,(H,13,15)(H2,12,14,18). The van der Waals surface area contributed by atoms with Crippen LogP contribution in [0, 0.1) is 0 Å². The van der Waals surface area contributed by atoms with Crippen LogP contribution in [0.15, 0.2) is 40.7 Å². The normalized spacial score (nSPS) is 10.8. The number of benzene rings is 1. The Bertz CT molecular complexity index is 681. The quantitative estimate of drug-likeness (QED) is 0.743. The molecule has 0 amide bonds. The average Bonchev–Trinajstić information content (AvgIpc) is 2.91. The molecule has 1 heterocycles. The van der Waals surface area contributed by atoms with Gasteiger partial charge in [-0.1, -0.05) is 0 Å². The highest BCUT2D eigenvalue weighted by molar-refractivity contribution is 7.93. The molecule has 0 bridgehead atoms. The van der Waals surface area contributed by atoms with E-state index in [9.17, 15) is 8.42 Å². The first-order valence-corrected chi connectivity index (χ1v) is 8.29. The summed E-state index contributed by atoms with van der Waals surface area (Å²) in [4.78, 5) is 4.05. The third-order valence-electron chi connectivity index (χ3n) is 2.30. The smallest absolute Gasteiger partial charge is 0.263 e. The van der Waals surface area contributed by atoms with Crippen molar-refractivity contribution in [3.63, 3.8) is 0 Å². The summed E-state index contributed by atoms with van der Waals surface area (Å²) in [7, 11) is -1.91. The number of thiazole rings is 1. The van der Waals surface area contributed by atoms with Gasteiger partial charge in [0.2, 0.25) is 0 Å². The highest BCUT2D eigenvalue weighted by Crippen LogP contribution is 2.19. The monoisotopic (exact) mass is 328 g/mol. The third-order valence-corrected chi connectivity index (χ3v) is 4.78. The number of aromatic nitrogens is 1. The Morgan fingerprint density at radius 2 is 2.00 bits per heavy atom. The molecule has 0 aliphatic heterocycles. The van der Waals surface area contributed by atoms with E-state index in [2.05, 4.69) is 20.3 Å². The summed E-state index contributed by atoms with van der Waals surface area (Å²) in [5, 5.41) is 8.18. The molecule has 2 rings (SSSR count). The van der Waals surface area contributed by atoms with Crippen LogP contribution in [0.2, 0.25) is 0 Å². The summed E-state index contributed by atoms with van der Waals surface area (Å²) in [5.74, 6) is 0. The fourth-order valence-electron chi connectivity index (χ4n) is 1.36. The van der Waals surface area contributed by atoms with Gasteiger partial charge in [-0.3, -0.25) is 4.72 Å². The molecule has 3 N–H and O–H groups in total. The second kappa shape index (κ2) is 6.16. The van der Waals surface area contributed by atoms with E-state index in [0.717, 1.165) is 0 Å². The maximum atomic E-state index is 12.1. The molecule has 0 atom stereocenters. The van der Waals surface area contributed by atoms with Crippen molar-refractivity contribution in [1.29, 1.82) is 0 Å². The molecule has 0 aliphatic rings. The summed E-state index contributed by atoms with van der Waals surface area (Å²) in [6.45, 7) is 0. The Labute approximate surface area is 126 Å². The summed E-state index contributed by atoms with van der Waals surface area (Å²) in [5.41, 5.74) is 0.706. The molecule has 0 radical (unpaired) electrons. The van der Waals surface area contributed by atoms with Gasteiger partial charge in [-0.15, -0.1) is 11.3 Å². The van der Waals surface area contributed by atoms with Crippen molar-refractivity contribution < 1.29 is 8.42 Å². The Morgan fingerprint density at radius 1 is 1.30 bits per heavy atom. The first-order valence-electron chi connectivity index (χ1n) is 5.52. The highest BCUT2D eigenvalue weighted by Gasteiger charge is 2.15. The minimum atomic E-state index is -3.61. The van der Waals surface area contributed by atoms with Crippen LogP contribution in [0.1, 0.15) is 0 Å². The molecule has 0 saturated heterocycles. The maximum Gasteiger partial charge on any atom is 0.263 e. The van der Waals surface area contributed by atoms with Gasteiger partial charge in [0.25, 0.3) is 10.0 Å². The van der Waals surface area contributed by atoms with Gasteiger partial charge in [0.15, 0.2) is 10.2 Å². The van der Waals surface area contributed by atoms with Crippen LogP contribution < -0.4 is 15.4 Å². The first kappa shape index (κ1) is 14.7. The Balaban J connectivity index is 2.14. The number of hydrogen-bond acceptors (Lipinski definition) is 5. The van der Waals surface area contributed by atoms with Crippen molar-refractivity contribution in [1.82, 2.24) is 10.3 Å². The Kier molecular flexibility index (Phi) is 4.53. The van der Waals surface area contributed by atoms with Crippen LogP contribution in [0.5, 0.6) is 0 Å². The molecule has 6 nitrogen and oxygen atoms in total. The van der Waals surface area contributed by atoms with Crippen molar-refractivity contribution in [2.24, 2.45) is 0 Å². The molecule has 0 aliphatic carbocycles. The van der Waals surface area contributed by atoms with E-state index in [1.54, 1.807) is 24.6 Å². The van der Waals surface area contributed by atoms with Gasteiger partial charge in [0.05, 0.1) is 4.90 Å². The van der Waals surface area contributed by atoms with Crippen LogP contribution in [0.4, 0.5) is 10.8 Å². The van der Waals surface area contributed by atoms with E-state index in [1.807, 2.05) is 0 Å². The second-order valence-corrected chi connectivity index (χ2v) is 6.66. The molecule has 20 heavy (non-hydrogen) atoms. The zero-order valence-electron chi connectivity index (χ0n) is 10.5. The average molecular weight is 328 g/mol. The van der Waals surface area contributed by atoms with Crippen molar-refractivity contribution >= 4 is 49.5 Å². The molecule has 106 valence electrons. The molecular weight excluding hydrogens is 316 g/mol. The van der Waals surface area contributed by atoms with Gasteiger partial charge in [0, 0.05) is 24.3 Å². The van der Waals surface area contributed by atoms with Gasteiger partial charge in [-0.05, 0) is 36.5 Å². The molecule has 0 spiro atoms. The van der Waals surface area contributed by atoms with Gasteiger partial charge >= 0.3 is 0 Å². The first-order chi connectivity index (χ1) is 9.51.